The number of aromatic nitrogens is 5. The molecule has 13 rings (SSSR count). The van der Waals surface area contributed by atoms with Gasteiger partial charge in [0.1, 0.15) is 31.5 Å². The Labute approximate surface area is 557 Å². The van der Waals surface area contributed by atoms with Crippen molar-refractivity contribution in [1.82, 2.24) is 40.7 Å². The number of amides is 4. The first kappa shape index (κ1) is 66.4. The fourth-order valence-corrected chi connectivity index (χ4v) is 15.5. The molecule has 494 valence electrons. The lowest BCUT2D eigenvalue weighted by Crippen LogP contribution is -2.58. The van der Waals surface area contributed by atoms with E-state index < -0.39 is 23.9 Å². The Morgan fingerprint density at radius 3 is 1.51 bits per heavy atom. The van der Waals surface area contributed by atoms with Gasteiger partial charge in [0.2, 0.25) is 17.6 Å². The van der Waals surface area contributed by atoms with Gasteiger partial charge in [0.15, 0.2) is 19.1 Å². The van der Waals surface area contributed by atoms with Gasteiger partial charge in [-0.15, -0.1) is 0 Å². The molecule has 4 amide bonds. The monoisotopic (exact) mass is 1360 g/mol. The molecule has 29 heteroatoms. The van der Waals surface area contributed by atoms with E-state index in [4.69, 9.17) is 60.5 Å². The Balaban J connectivity index is 0.000000145. The van der Waals surface area contributed by atoms with Gasteiger partial charge >= 0.3 is 24.1 Å². The van der Waals surface area contributed by atoms with Crippen molar-refractivity contribution in [3.8, 4) is 39.8 Å². The van der Waals surface area contributed by atoms with Crippen LogP contribution in [0.1, 0.15) is 146 Å². The third kappa shape index (κ3) is 15.6. The van der Waals surface area contributed by atoms with E-state index in [9.17, 15) is 33.9 Å². The molecule has 6 saturated carbocycles. The van der Waals surface area contributed by atoms with Gasteiger partial charge in [0.25, 0.3) is 22.2 Å². The van der Waals surface area contributed by atoms with Crippen molar-refractivity contribution in [3.63, 3.8) is 0 Å². The second-order valence-corrected chi connectivity index (χ2v) is 28.0. The Kier molecular flexibility index (Phi) is 20.3. The Morgan fingerprint density at radius 2 is 1.07 bits per heavy atom. The first-order valence-corrected chi connectivity index (χ1v) is 33.3. The summed E-state index contributed by atoms with van der Waals surface area (Å²) in [7, 11) is 2.92. The molecule has 6 N–H and O–H groups in total. The van der Waals surface area contributed by atoms with Crippen LogP contribution in [0.25, 0.3) is 5.69 Å². The van der Waals surface area contributed by atoms with Gasteiger partial charge in [-0.1, -0.05) is 106 Å². The number of carboxylic acid groups (broad SMARTS) is 1. The first-order valence-electron chi connectivity index (χ1n) is 30.5. The normalized spacial score (nSPS) is 23.9. The van der Waals surface area contributed by atoms with E-state index in [2.05, 4.69) is 42.1 Å². The summed E-state index contributed by atoms with van der Waals surface area (Å²) in [6.45, 7) is 4.39. The van der Waals surface area contributed by atoms with Gasteiger partial charge in [-0.2, -0.15) is 25.3 Å². The number of alkyl carbamates (subject to hydrolysis) is 2. The van der Waals surface area contributed by atoms with Gasteiger partial charge in [0.05, 0.1) is 55.6 Å². The Bertz CT molecular complexity index is 3910. The smallest absolute Gasteiger partial charge is 0.407 e. The summed E-state index contributed by atoms with van der Waals surface area (Å²) < 4.78 is 45.2. The number of nitrogens with zero attached hydrogens (tertiary/aromatic N) is 6. The van der Waals surface area contributed by atoms with Crippen molar-refractivity contribution >= 4 is 81.6 Å². The molecule has 3 spiro atoms. The second kappa shape index (κ2) is 28.7. The average Bonchev–Trinajstić information content (AvgIpc) is 0.768. The summed E-state index contributed by atoms with van der Waals surface area (Å²) in [4.78, 5) is 84.7. The number of methoxy groups -OCH3 is 2. The summed E-state index contributed by atoms with van der Waals surface area (Å²) in [5.74, 6) is -1.66. The number of carbonyl (C=O) groups excluding carboxylic acids is 5. The predicted molar refractivity (Wildman–Crippen MR) is 343 cm³/mol. The van der Waals surface area contributed by atoms with Crippen LogP contribution in [-0.4, -0.2) is 123 Å². The van der Waals surface area contributed by atoms with E-state index in [1.54, 1.807) is 42.1 Å². The standard InChI is InChI=1S/C24H24N6O4S.C21H23ClN2O5S.C20H22N2O6S/c1-13-18(12-27-30(13)16-5-3-14(11-25)4-6-16)21(32)28-15-7-24(8-15)9-17(10-24)34-22-19(20(26)31)35-23(29-22)33-2;1-2-27-18(25)16-17(24-19(22)30-16)29-15-10-21(11-15)8-14(9-21)23-20(26)28-12-13-6-4-3-5-7-13;1-26-19-22-16(15(29-19)17(23)24)28-14-9-20(10-14)7-13(8-20)21-18(25)27-11-12-5-3-2-4-6-12/h3-6,12,15,17H,7-10H2,1-2H3,(H2,26,31)(H,28,32);3-7,14-15H,2,8-12H2,1H3,(H,23,26);2-6,13-14H,7-11H2,1H3,(H,21,25)(H,23,24). The number of nitrogens with two attached hydrogens (primary N) is 1. The van der Waals surface area contributed by atoms with Gasteiger partial charge in [-0.05, 0) is 143 Å². The fourth-order valence-electron chi connectivity index (χ4n) is 13.3. The molecule has 7 aromatic rings. The molecular weight excluding hydrogens is 1290 g/mol. The Hall–Kier alpha value is -9.04. The zero-order valence-electron chi connectivity index (χ0n) is 51.8. The molecule has 94 heavy (non-hydrogen) atoms. The summed E-state index contributed by atoms with van der Waals surface area (Å²) in [5.41, 5.74) is 10.4. The van der Waals surface area contributed by atoms with Crippen LogP contribution in [-0.2, 0) is 27.4 Å². The number of ether oxygens (including phenoxy) is 8. The van der Waals surface area contributed by atoms with Crippen molar-refractivity contribution < 1.29 is 71.8 Å². The number of carbonyl (C=O) groups is 6. The third-order valence-electron chi connectivity index (χ3n) is 17.7. The van der Waals surface area contributed by atoms with Gasteiger partial charge in [-0.25, -0.2) is 23.9 Å². The zero-order valence-corrected chi connectivity index (χ0v) is 55.0. The molecule has 0 aliphatic heterocycles. The molecule has 0 unspecified atom stereocenters. The number of rotatable bonds is 21. The van der Waals surface area contributed by atoms with Gasteiger partial charge in [0, 0.05) is 18.1 Å². The van der Waals surface area contributed by atoms with Crippen LogP contribution >= 0.6 is 45.6 Å². The zero-order chi connectivity index (χ0) is 66.3. The molecule has 6 aliphatic carbocycles. The van der Waals surface area contributed by atoms with Gasteiger partial charge < -0.3 is 64.7 Å². The number of hydrogen-bond acceptors (Lipinski definition) is 22. The number of primary amides is 1. The largest absolute Gasteiger partial charge is 0.477 e. The first-order chi connectivity index (χ1) is 45.2. The molecule has 0 radical (unpaired) electrons. The van der Waals surface area contributed by atoms with Crippen molar-refractivity contribution in [3.05, 3.63) is 138 Å². The highest BCUT2D eigenvalue weighted by atomic mass is 35.5. The summed E-state index contributed by atoms with van der Waals surface area (Å²) >= 11 is 9.04. The van der Waals surface area contributed by atoms with E-state index in [0.29, 0.717) is 21.2 Å². The molecule has 25 nitrogen and oxygen atoms in total. The highest BCUT2D eigenvalue weighted by molar-refractivity contribution is 7.17. The quantitative estimate of drug-likeness (QED) is 0.0330. The molecule has 4 aromatic heterocycles. The highest BCUT2D eigenvalue weighted by Gasteiger charge is 2.57. The third-order valence-corrected chi connectivity index (χ3v) is 20.8. The van der Waals surface area contributed by atoms with E-state index in [0.717, 1.165) is 134 Å². The summed E-state index contributed by atoms with van der Waals surface area (Å²) in [6.07, 6.45) is 11.0. The minimum Gasteiger partial charge on any atom is -0.477 e. The van der Waals surface area contributed by atoms with Crippen molar-refractivity contribution in [2.45, 2.75) is 141 Å². The molecule has 0 atom stereocenters. The van der Waals surface area contributed by atoms with Crippen LogP contribution in [0.3, 0.4) is 0 Å². The minimum absolute atomic E-state index is 0.0117. The van der Waals surface area contributed by atoms with Crippen LogP contribution in [0.4, 0.5) is 9.59 Å². The lowest BCUT2D eigenvalue weighted by Gasteiger charge is -2.57. The number of carboxylic acids is 1. The molecule has 6 fully saturated rings. The van der Waals surface area contributed by atoms with E-state index in [1.807, 2.05) is 67.6 Å². The van der Waals surface area contributed by atoms with Crippen LogP contribution in [0, 0.1) is 34.5 Å². The maximum absolute atomic E-state index is 12.9. The number of hydrogen-bond donors (Lipinski definition) is 5. The van der Waals surface area contributed by atoms with Gasteiger partial charge in [-0.3, -0.25) is 9.59 Å². The topological polar surface area (TPSA) is 339 Å². The number of nitriles is 1. The molecule has 0 saturated heterocycles. The number of thiazole rings is 3. The maximum atomic E-state index is 12.9. The van der Waals surface area contributed by atoms with E-state index in [1.165, 1.54) is 14.2 Å². The number of benzene rings is 3. The van der Waals surface area contributed by atoms with Crippen molar-refractivity contribution in [2.75, 3.05) is 20.8 Å². The summed E-state index contributed by atoms with van der Waals surface area (Å²) in [6, 6.07) is 28.6. The minimum atomic E-state index is -1.07. The SMILES string of the molecule is CCOC(=O)c1sc(Cl)nc1OC1CC2(CC(NC(=O)OCc3ccccc3)C2)C1.COc1nc(OC2CC3(CC(NC(=O)OCc4ccccc4)C3)C2)c(C(=O)O)s1.COc1nc(OC2CC3(CC(NC(=O)c4cnn(-c5ccc(C#N)cc5)c4C)C3)C2)c(C(N)=O)s1. The number of esters is 1. The molecular formula is C65H69ClN10O15S3. The fraction of sp³-hybridized carbons (Fsp3) is 0.431. The Morgan fingerprint density at radius 1 is 0.628 bits per heavy atom. The van der Waals surface area contributed by atoms with Crippen LogP contribution in [0.5, 0.6) is 28.0 Å². The van der Waals surface area contributed by atoms with E-state index in [-0.39, 0.29) is 122 Å². The molecule has 3 aromatic carbocycles. The van der Waals surface area contributed by atoms with Crippen LogP contribution in [0.15, 0.2) is 91.1 Å². The predicted octanol–water partition coefficient (Wildman–Crippen LogP) is 10.8. The maximum Gasteiger partial charge on any atom is 0.407 e. The number of aromatic carboxylic acids is 1. The van der Waals surface area contributed by atoms with Crippen LogP contribution < -0.4 is 45.4 Å². The molecule has 6 aliphatic rings. The number of nitrogens with one attached hydrogen (secondary N) is 3. The van der Waals surface area contributed by atoms with Crippen molar-refractivity contribution in [1.29, 1.82) is 5.26 Å². The number of halogens is 1. The second-order valence-electron chi connectivity index (χ2n) is 24.5. The summed E-state index contributed by atoms with van der Waals surface area (Å²) in [5, 5.41) is 32.1. The van der Waals surface area contributed by atoms with Crippen LogP contribution in [0.2, 0.25) is 4.47 Å². The highest BCUT2D eigenvalue weighted by Crippen LogP contribution is 2.59. The van der Waals surface area contributed by atoms with Crippen molar-refractivity contribution in [2.24, 2.45) is 22.0 Å². The molecule has 0 bridgehead atoms. The average molecular weight is 1360 g/mol. The van der Waals surface area contributed by atoms with E-state index >= 15 is 0 Å². The molecule has 4 heterocycles. The lowest BCUT2D eigenvalue weighted by atomic mass is 9.53. The lowest BCUT2D eigenvalue weighted by molar-refractivity contribution is -0.0861.